The Kier molecular flexibility index (Phi) is 5.60. The largest absolute Gasteiger partial charge is 0.468 e. The number of methoxy groups -OCH3 is 1. The molecule has 0 atom stereocenters. The summed E-state index contributed by atoms with van der Waals surface area (Å²) in [5, 5.41) is 0.742. The molecule has 0 amide bonds. The van der Waals surface area contributed by atoms with Crippen LogP contribution in [0.5, 0.6) is 0 Å². The second-order valence-electron chi connectivity index (χ2n) is 6.74. The van der Waals surface area contributed by atoms with Crippen molar-refractivity contribution < 1.29 is 27.5 Å². The van der Waals surface area contributed by atoms with Crippen molar-refractivity contribution in [3.63, 3.8) is 0 Å². The van der Waals surface area contributed by atoms with Crippen LogP contribution in [0.4, 0.5) is 5.69 Å². The molecule has 2 rings (SSSR count). The average Bonchev–Trinajstić information content (AvgIpc) is 2.86. The molecule has 0 saturated heterocycles. The highest BCUT2D eigenvalue weighted by Crippen LogP contribution is 2.21. The molecule has 0 aliphatic carbocycles. The van der Waals surface area contributed by atoms with Crippen LogP contribution >= 0.6 is 0 Å². The number of carbonyl (C=O) groups excluding carboxylic acids is 2. The average molecular weight is 382 g/mol. The molecular formula is C17H22N2O6S. The summed E-state index contributed by atoms with van der Waals surface area (Å²) in [6, 6.07) is 6.62. The number of sulfonamides is 1. The van der Waals surface area contributed by atoms with Crippen molar-refractivity contribution in [3.05, 3.63) is 30.5 Å². The van der Waals surface area contributed by atoms with Gasteiger partial charge in [-0.15, -0.1) is 0 Å². The maximum Gasteiger partial charge on any atom is 0.325 e. The first-order valence-electron chi connectivity index (χ1n) is 7.87. The molecule has 0 saturated carbocycles. The molecule has 2 aromatic rings. The molecule has 0 aliphatic rings. The second kappa shape index (κ2) is 7.36. The Balaban J connectivity index is 2.13. The smallest absolute Gasteiger partial charge is 0.325 e. The number of ether oxygens (including phenoxy) is 2. The lowest BCUT2D eigenvalue weighted by atomic mass is 10.2. The SMILES string of the molecule is COC(=O)Cn1ccc2cc(NS(=O)(=O)CC(=O)OC(C)(C)C)ccc21. The zero-order chi connectivity index (χ0) is 19.5. The van der Waals surface area contributed by atoms with Crippen molar-refractivity contribution in [2.24, 2.45) is 0 Å². The fourth-order valence-corrected chi connectivity index (χ4v) is 3.27. The van der Waals surface area contributed by atoms with Crippen LogP contribution in [0.3, 0.4) is 0 Å². The molecule has 0 bridgehead atoms. The van der Waals surface area contributed by atoms with E-state index in [1.807, 2.05) is 0 Å². The maximum atomic E-state index is 12.1. The number of fused-ring (bicyclic) bond motifs is 1. The van der Waals surface area contributed by atoms with Gasteiger partial charge in [-0.1, -0.05) is 0 Å². The predicted octanol–water partition coefficient (Wildman–Crippen LogP) is 1.90. The number of rotatable bonds is 6. The number of nitrogens with zero attached hydrogens (tertiary/aromatic N) is 1. The minimum Gasteiger partial charge on any atom is -0.468 e. The van der Waals surface area contributed by atoms with Crippen LogP contribution in [0.1, 0.15) is 20.8 Å². The molecule has 0 aliphatic heterocycles. The number of anilines is 1. The third-order valence-corrected chi connectivity index (χ3v) is 4.46. The van der Waals surface area contributed by atoms with Crippen molar-refractivity contribution in [2.75, 3.05) is 17.6 Å². The molecule has 142 valence electrons. The van der Waals surface area contributed by atoms with Crippen molar-refractivity contribution >= 4 is 38.6 Å². The van der Waals surface area contributed by atoms with E-state index in [1.54, 1.807) is 55.8 Å². The van der Waals surface area contributed by atoms with E-state index in [2.05, 4.69) is 9.46 Å². The first-order valence-corrected chi connectivity index (χ1v) is 9.52. The number of esters is 2. The van der Waals surface area contributed by atoms with Crippen LogP contribution < -0.4 is 4.72 Å². The normalized spacial score (nSPS) is 12.0. The summed E-state index contributed by atoms with van der Waals surface area (Å²) in [6.07, 6.45) is 1.71. The minimum absolute atomic E-state index is 0.0592. The molecule has 1 aromatic carbocycles. The third kappa shape index (κ3) is 5.48. The van der Waals surface area contributed by atoms with Crippen molar-refractivity contribution in [1.29, 1.82) is 0 Å². The molecule has 0 spiro atoms. The summed E-state index contributed by atoms with van der Waals surface area (Å²) in [5.41, 5.74) is 0.316. The summed E-state index contributed by atoms with van der Waals surface area (Å²) in [4.78, 5) is 23.1. The quantitative estimate of drug-likeness (QED) is 0.765. The van der Waals surface area contributed by atoms with Gasteiger partial charge in [-0.2, -0.15) is 0 Å². The van der Waals surface area contributed by atoms with Crippen LogP contribution in [0.25, 0.3) is 10.9 Å². The molecule has 0 radical (unpaired) electrons. The van der Waals surface area contributed by atoms with E-state index in [0.29, 0.717) is 5.69 Å². The predicted molar refractivity (Wildman–Crippen MR) is 97.2 cm³/mol. The van der Waals surface area contributed by atoms with E-state index in [1.165, 1.54) is 7.11 Å². The van der Waals surface area contributed by atoms with E-state index in [-0.39, 0.29) is 12.5 Å². The minimum atomic E-state index is -3.90. The Morgan fingerprint density at radius 1 is 1.15 bits per heavy atom. The maximum absolute atomic E-state index is 12.1. The van der Waals surface area contributed by atoms with Crippen molar-refractivity contribution in [2.45, 2.75) is 32.9 Å². The van der Waals surface area contributed by atoms with Gasteiger partial charge in [0, 0.05) is 22.8 Å². The lowest BCUT2D eigenvalue weighted by Crippen LogP contribution is -2.30. The molecule has 1 heterocycles. The van der Waals surface area contributed by atoms with Gasteiger partial charge in [0.15, 0.2) is 5.75 Å². The Labute approximate surface area is 152 Å². The lowest BCUT2D eigenvalue weighted by Gasteiger charge is -2.19. The second-order valence-corrected chi connectivity index (χ2v) is 8.46. The zero-order valence-corrected chi connectivity index (χ0v) is 15.9. The monoisotopic (exact) mass is 382 g/mol. The Hall–Kier alpha value is -2.55. The highest BCUT2D eigenvalue weighted by molar-refractivity contribution is 7.93. The number of benzene rings is 1. The third-order valence-electron chi connectivity index (χ3n) is 3.30. The molecule has 0 fully saturated rings. The number of aromatic nitrogens is 1. The van der Waals surface area contributed by atoms with Crippen molar-refractivity contribution in [3.8, 4) is 0 Å². The molecule has 9 heteroatoms. The molecule has 0 unspecified atom stereocenters. The van der Waals surface area contributed by atoms with Gasteiger partial charge in [0.05, 0.1) is 7.11 Å². The van der Waals surface area contributed by atoms with Crippen LogP contribution in [0.15, 0.2) is 30.5 Å². The first kappa shape index (κ1) is 19.8. The number of carbonyl (C=O) groups is 2. The number of hydrogen-bond acceptors (Lipinski definition) is 6. The van der Waals surface area contributed by atoms with Gasteiger partial charge in [-0.25, -0.2) is 8.42 Å². The van der Waals surface area contributed by atoms with E-state index >= 15 is 0 Å². The summed E-state index contributed by atoms with van der Waals surface area (Å²) < 4.78 is 38.0. The summed E-state index contributed by atoms with van der Waals surface area (Å²) in [6.45, 7) is 5.05. The van der Waals surface area contributed by atoms with Crippen LogP contribution in [-0.2, 0) is 35.6 Å². The van der Waals surface area contributed by atoms with Gasteiger partial charge < -0.3 is 14.0 Å². The fourth-order valence-electron chi connectivity index (χ4n) is 2.35. The van der Waals surface area contributed by atoms with E-state index in [9.17, 15) is 18.0 Å². The van der Waals surface area contributed by atoms with E-state index in [0.717, 1.165) is 10.9 Å². The van der Waals surface area contributed by atoms with Gasteiger partial charge in [-0.05, 0) is 45.0 Å². The van der Waals surface area contributed by atoms with Gasteiger partial charge in [0.1, 0.15) is 12.1 Å². The number of hydrogen-bond donors (Lipinski definition) is 1. The molecule has 8 nitrogen and oxygen atoms in total. The summed E-state index contributed by atoms with van der Waals surface area (Å²) in [7, 11) is -2.59. The lowest BCUT2D eigenvalue weighted by molar-refractivity contribution is -0.151. The summed E-state index contributed by atoms with van der Waals surface area (Å²) >= 11 is 0. The Morgan fingerprint density at radius 3 is 2.46 bits per heavy atom. The first-order chi connectivity index (χ1) is 12.0. The van der Waals surface area contributed by atoms with Gasteiger partial charge >= 0.3 is 11.9 Å². The zero-order valence-electron chi connectivity index (χ0n) is 15.1. The molecule has 1 N–H and O–H groups in total. The molecular weight excluding hydrogens is 360 g/mol. The van der Waals surface area contributed by atoms with Crippen molar-refractivity contribution in [1.82, 2.24) is 4.57 Å². The number of nitrogens with one attached hydrogen (secondary N) is 1. The molecule has 1 aromatic heterocycles. The van der Waals surface area contributed by atoms with Gasteiger partial charge in [-0.3, -0.25) is 14.3 Å². The van der Waals surface area contributed by atoms with Gasteiger partial charge in [0.25, 0.3) is 0 Å². The highest BCUT2D eigenvalue weighted by atomic mass is 32.2. The van der Waals surface area contributed by atoms with Crippen LogP contribution in [0.2, 0.25) is 0 Å². The summed E-state index contributed by atoms with van der Waals surface area (Å²) in [5.74, 6) is -1.98. The van der Waals surface area contributed by atoms with E-state index in [4.69, 9.17) is 4.74 Å². The Morgan fingerprint density at radius 2 is 1.85 bits per heavy atom. The van der Waals surface area contributed by atoms with Crippen LogP contribution in [0, 0.1) is 0 Å². The topological polar surface area (TPSA) is 104 Å². The van der Waals surface area contributed by atoms with E-state index < -0.39 is 27.3 Å². The highest BCUT2D eigenvalue weighted by Gasteiger charge is 2.23. The molecule has 26 heavy (non-hydrogen) atoms. The van der Waals surface area contributed by atoms with Gasteiger partial charge in [0.2, 0.25) is 10.0 Å². The Bertz CT molecular complexity index is 924. The van der Waals surface area contributed by atoms with Crippen LogP contribution in [-0.4, -0.2) is 43.4 Å². The fraction of sp³-hybridized carbons (Fsp3) is 0.412. The standard InChI is InChI=1S/C17H22N2O6S/c1-17(2,3)25-16(21)11-26(22,23)18-13-5-6-14-12(9-13)7-8-19(14)10-15(20)24-4/h5-9,18H,10-11H2,1-4H3.